The second-order valence-corrected chi connectivity index (χ2v) is 7.49. The first-order valence-corrected chi connectivity index (χ1v) is 10.9. The summed E-state index contributed by atoms with van der Waals surface area (Å²) in [6.45, 7) is 1.97. The average molecular weight is 432 g/mol. The van der Waals surface area contributed by atoms with Gasteiger partial charge in [0.1, 0.15) is 18.1 Å². The lowest BCUT2D eigenvalue weighted by Gasteiger charge is -2.20. The monoisotopic (exact) mass is 431 g/mol. The van der Waals surface area contributed by atoms with Gasteiger partial charge in [0, 0.05) is 6.04 Å². The topological polar surface area (TPSA) is 56.8 Å². The van der Waals surface area contributed by atoms with Crippen LogP contribution in [0.15, 0.2) is 42.5 Å². The summed E-state index contributed by atoms with van der Waals surface area (Å²) in [6, 6.07) is 13.4. The van der Waals surface area contributed by atoms with Gasteiger partial charge in [-0.2, -0.15) is 0 Å². The van der Waals surface area contributed by atoms with Crippen molar-refractivity contribution in [3.05, 3.63) is 59.2 Å². The minimum atomic E-state index is -0.439. The molecular weight excluding hydrogens is 397 g/mol. The predicted molar refractivity (Wildman–Crippen MR) is 121 cm³/mol. The van der Waals surface area contributed by atoms with Crippen molar-refractivity contribution in [2.45, 2.75) is 58.1 Å². The van der Waals surface area contributed by atoms with Crippen LogP contribution in [0.4, 0.5) is 9.18 Å². The summed E-state index contributed by atoms with van der Waals surface area (Å²) >= 11 is 0. The SMILES string of the molecule is CCC(Cc1cc(OC)c(CCCCCF)cc1OC)NC(=O)OCc1ccccc1. The molecule has 0 aliphatic heterocycles. The molecule has 0 heterocycles. The average Bonchev–Trinajstić information content (AvgIpc) is 2.80. The van der Waals surface area contributed by atoms with Gasteiger partial charge in [0.2, 0.25) is 0 Å². The molecule has 0 saturated heterocycles. The minimum absolute atomic E-state index is 0.0997. The molecular formula is C25H34FNO4. The van der Waals surface area contributed by atoms with E-state index >= 15 is 0 Å². The smallest absolute Gasteiger partial charge is 0.407 e. The number of alkyl halides is 1. The second kappa shape index (κ2) is 13.5. The number of aryl methyl sites for hydroxylation is 1. The molecule has 0 radical (unpaired) electrons. The molecule has 0 aliphatic rings. The number of unbranched alkanes of at least 4 members (excludes halogenated alkanes) is 2. The number of ether oxygens (including phenoxy) is 3. The number of hydrogen-bond donors (Lipinski definition) is 1. The van der Waals surface area contributed by atoms with Crippen molar-refractivity contribution >= 4 is 6.09 Å². The Kier molecular flexibility index (Phi) is 10.7. The van der Waals surface area contributed by atoms with E-state index in [2.05, 4.69) is 5.32 Å². The molecule has 0 saturated carbocycles. The van der Waals surface area contributed by atoms with Gasteiger partial charge in [-0.25, -0.2) is 4.79 Å². The Hall–Kier alpha value is -2.76. The fourth-order valence-electron chi connectivity index (χ4n) is 3.46. The van der Waals surface area contributed by atoms with Gasteiger partial charge in [-0.3, -0.25) is 4.39 Å². The van der Waals surface area contributed by atoms with E-state index in [4.69, 9.17) is 14.2 Å². The summed E-state index contributed by atoms with van der Waals surface area (Å²) in [6.07, 6.45) is 4.04. The largest absolute Gasteiger partial charge is 0.496 e. The number of carbonyl (C=O) groups is 1. The van der Waals surface area contributed by atoms with Gasteiger partial charge < -0.3 is 19.5 Å². The maximum Gasteiger partial charge on any atom is 0.407 e. The summed E-state index contributed by atoms with van der Waals surface area (Å²) < 4.78 is 28.9. The molecule has 0 fully saturated rings. The Labute approximate surface area is 184 Å². The first kappa shape index (κ1) is 24.5. The summed E-state index contributed by atoms with van der Waals surface area (Å²) in [7, 11) is 3.29. The van der Waals surface area contributed by atoms with Crippen LogP contribution in [0.25, 0.3) is 0 Å². The van der Waals surface area contributed by atoms with Gasteiger partial charge in [0.25, 0.3) is 0 Å². The first-order chi connectivity index (χ1) is 15.1. The summed E-state index contributed by atoms with van der Waals surface area (Å²) in [5, 5.41) is 2.94. The zero-order valence-electron chi connectivity index (χ0n) is 18.8. The number of benzene rings is 2. The Morgan fingerprint density at radius 2 is 1.68 bits per heavy atom. The Bertz CT molecular complexity index is 798. The van der Waals surface area contributed by atoms with Crippen molar-refractivity contribution < 1.29 is 23.4 Å². The first-order valence-electron chi connectivity index (χ1n) is 10.9. The van der Waals surface area contributed by atoms with Crippen LogP contribution in [0.1, 0.15) is 49.3 Å². The quantitative estimate of drug-likeness (QED) is 0.418. The van der Waals surface area contributed by atoms with Crippen molar-refractivity contribution in [1.29, 1.82) is 0 Å². The molecule has 1 unspecified atom stereocenters. The van der Waals surface area contributed by atoms with Gasteiger partial charge >= 0.3 is 6.09 Å². The lowest BCUT2D eigenvalue weighted by molar-refractivity contribution is 0.135. The van der Waals surface area contributed by atoms with Gasteiger partial charge in [0.05, 0.1) is 20.9 Å². The highest BCUT2D eigenvalue weighted by Crippen LogP contribution is 2.31. The van der Waals surface area contributed by atoms with Crippen LogP contribution in [-0.4, -0.2) is 33.0 Å². The Morgan fingerprint density at radius 1 is 1.00 bits per heavy atom. The fraction of sp³-hybridized carbons (Fsp3) is 0.480. The molecule has 2 rings (SSSR count). The van der Waals surface area contributed by atoms with Crippen molar-refractivity contribution in [1.82, 2.24) is 5.32 Å². The number of rotatable bonds is 13. The lowest BCUT2D eigenvalue weighted by atomic mass is 9.98. The molecule has 1 atom stereocenters. The van der Waals surface area contributed by atoms with Crippen LogP contribution in [0, 0.1) is 0 Å². The summed E-state index contributed by atoms with van der Waals surface area (Å²) in [5.41, 5.74) is 2.95. The molecule has 2 aromatic carbocycles. The molecule has 6 heteroatoms. The number of hydrogen-bond acceptors (Lipinski definition) is 4. The third-order valence-electron chi connectivity index (χ3n) is 5.26. The molecule has 0 spiro atoms. The number of nitrogens with one attached hydrogen (secondary N) is 1. The van der Waals surface area contributed by atoms with Crippen LogP contribution in [-0.2, 0) is 24.2 Å². The van der Waals surface area contributed by atoms with Gasteiger partial charge in [-0.15, -0.1) is 0 Å². The molecule has 5 nitrogen and oxygen atoms in total. The number of alkyl carbamates (subject to hydrolysis) is 1. The highest BCUT2D eigenvalue weighted by atomic mass is 19.1. The van der Waals surface area contributed by atoms with Crippen molar-refractivity contribution in [2.24, 2.45) is 0 Å². The molecule has 31 heavy (non-hydrogen) atoms. The van der Waals surface area contributed by atoms with Crippen LogP contribution in [0.2, 0.25) is 0 Å². The second-order valence-electron chi connectivity index (χ2n) is 7.49. The van der Waals surface area contributed by atoms with Crippen LogP contribution >= 0.6 is 0 Å². The van der Waals surface area contributed by atoms with Crippen LogP contribution < -0.4 is 14.8 Å². The number of halogens is 1. The zero-order valence-corrected chi connectivity index (χ0v) is 18.8. The molecule has 170 valence electrons. The van der Waals surface area contributed by atoms with Gasteiger partial charge in [0.15, 0.2) is 0 Å². The lowest BCUT2D eigenvalue weighted by Crippen LogP contribution is -2.36. The van der Waals surface area contributed by atoms with Gasteiger partial charge in [-0.05, 0) is 60.9 Å². The maximum absolute atomic E-state index is 12.3. The van der Waals surface area contributed by atoms with E-state index in [-0.39, 0.29) is 19.3 Å². The van der Waals surface area contributed by atoms with Crippen molar-refractivity contribution in [3.63, 3.8) is 0 Å². The third kappa shape index (κ3) is 8.12. The maximum atomic E-state index is 12.3. The van der Waals surface area contributed by atoms with E-state index < -0.39 is 6.09 Å². The summed E-state index contributed by atoms with van der Waals surface area (Å²) in [4.78, 5) is 12.3. The minimum Gasteiger partial charge on any atom is -0.496 e. The molecule has 0 aromatic heterocycles. The molecule has 0 bridgehead atoms. The Morgan fingerprint density at radius 3 is 2.32 bits per heavy atom. The van der Waals surface area contributed by atoms with E-state index in [1.54, 1.807) is 14.2 Å². The fourth-order valence-corrected chi connectivity index (χ4v) is 3.46. The molecule has 1 amide bonds. The van der Waals surface area contributed by atoms with E-state index in [0.29, 0.717) is 12.8 Å². The standard InChI is InChI=1S/C25H34FNO4/c1-4-22(27-25(28)31-18-19-11-7-5-8-12-19)15-21-17-23(29-2)20(16-24(21)30-3)13-9-6-10-14-26/h5,7-8,11-12,16-17,22H,4,6,9-10,13-15,18H2,1-3H3,(H,27,28). The van der Waals surface area contributed by atoms with Crippen molar-refractivity contribution in [3.8, 4) is 11.5 Å². The van der Waals surface area contributed by atoms with E-state index in [1.807, 2.05) is 49.4 Å². The normalized spacial score (nSPS) is 11.6. The van der Waals surface area contributed by atoms with Crippen molar-refractivity contribution in [2.75, 3.05) is 20.9 Å². The highest BCUT2D eigenvalue weighted by molar-refractivity contribution is 5.67. The predicted octanol–water partition coefficient (Wildman–Crippen LogP) is 5.63. The van der Waals surface area contributed by atoms with E-state index in [1.165, 1.54) is 0 Å². The Balaban J connectivity index is 2.01. The van der Waals surface area contributed by atoms with E-state index in [9.17, 15) is 9.18 Å². The van der Waals surface area contributed by atoms with E-state index in [0.717, 1.165) is 53.9 Å². The summed E-state index contributed by atoms with van der Waals surface area (Å²) in [5.74, 6) is 1.55. The molecule has 2 aromatic rings. The molecule has 0 aliphatic carbocycles. The van der Waals surface area contributed by atoms with Gasteiger partial charge in [-0.1, -0.05) is 43.7 Å². The number of amides is 1. The van der Waals surface area contributed by atoms with Crippen LogP contribution in [0.5, 0.6) is 11.5 Å². The highest BCUT2D eigenvalue weighted by Gasteiger charge is 2.17. The third-order valence-corrected chi connectivity index (χ3v) is 5.26. The number of carbonyl (C=O) groups excluding carboxylic acids is 1. The number of methoxy groups -OCH3 is 2. The zero-order chi connectivity index (χ0) is 22.5. The molecule has 1 N–H and O–H groups in total. The van der Waals surface area contributed by atoms with Crippen LogP contribution in [0.3, 0.4) is 0 Å².